The molecule has 1 aromatic heterocycles. The zero-order chi connectivity index (χ0) is 14.5. The van der Waals surface area contributed by atoms with Crippen molar-refractivity contribution in [1.29, 1.82) is 0 Å². The van der Waals surface area contributed by atoms with Gasteiger partial charge in [-0.25, -0.2) is 5.84 Å². The van der Waals surface area contributed by atoms with Crippen molar-refractivity contribution in [2.45, 2.75) is 20.0 Å². The number of hydrazine groups is 1. The summed E-state index contributed by atoms with van der Waals surface area (Å²) in [5, 5.41) is 3.12. The highest BCUT2D eigenvalue weighted by Gasteiger charge is 2.09. The Kier molecular flexibility index (Phi) is 4.90. The molecule has 0 amide bonds. The lowest BCUT2D eigenvalue weighted by atomic mass is 10.3. The first-order chi connectivity index (χ1) is 9.58. The zero-order valence-electron chi connectivity index (χ0n) is 11.1. The Labute approximate surface area is 130 Å². The van der Waals surface area contributed by atoms with Gasteiger partial charge in [0.05, 0.1) is 11.8 Å². The van der Waals surface area contributed by atoms with Crippen molar-refractivity contribution >= 4 is 40.2 Å². The van der Waals surface area contributed by atoms with Gasteiger partial charge in [-0.15, -0.1) is 0 Å². The summed E-state index contributed by atoms with van der Waals surface area (Å²) in [6.07, 6.45) is -0.0345. The lowest BCUT2D eigenvalue weighted by molar-refractivity contribution is 0.222. The van der Waals surface area contributed by atoms with Crippen molar-refractivity contribution in [1.82, 2.24) is 15.0 Å². The summed E-state index contributed by atoms with van der Waals surface area (Å²) >= 11 is 2.23. The number of para-hydroxylation sites is 1. The number of aromatic nitrogens is 3. The highest BCUT2D eigenvalue weighted by Crippen LogP contribution is 2.21. The minimum absolute atomic E-state index is 0.0345. The molecule has 7 nitrogen and oxygen atoms in total. The fourth-order valence-electron chi connectivity index (χ4n) is 1.42. The van der Waals surface area contributed by atoms with Gasteiger partial charge in [0.15, 0.2) is 0 Å². The number of hydrogen-bond donors (Lipinski definition) is 3. The molecule has 0 bridgehead atoms. The van der Waals surface area contributed by atoms with E-state index in [0.717, 1.165) is 9.26 Å². The second kappa shape index (κ2) is 6.66. The Bertz CT molecular complexity index is 592. The first-order valence-corrected chi connectivity index (χ1v) is 7.07. The molecule has 2 rings (SSSR count). The Hall–Kier alpha value is -1.68. The maximum absolute atomic E-state index is 5.47. The van der Waals surface area contributed by atoms with E-state index >= 15 is 0 Å². The molecule has 20 heavy (non-hydrogen) atoms. The van der Waals surface area contributed by atoms with Crippen molar-refractivity contribution in [3.05, 3.63) is 27.8 Å². The number of nitrogens with zero attached hydrogens (tertiary/aromatic N) is 3. The van der Waals surface area contributed by atoms with Crippen LogP contribution in [0.25, 0.3) is 0 Å². The molecule has 0 fully saturated rings. The van der Waals surface area contributed by atoms with Gasteiger partial charge in [0.25, 0.3) is 0 Å². The number of nitrogens with two attached hydrogens (primary N) is 1. The predicted octanol–water partition coefficient (Wildman–Crippen LogP) is 2.29. The Morgan fingerprint density at radius 2 is 1.85 bits per heavy atom. The molecule has 0 aliphatic heterocycles. The molecule has 0 aliphatic rings. The van der Waals surface area contributed by atoms with Crippen LogP contribution in [0.15, 0.2) is 24.3 Å². The Morgan fingerprint density at radius 3 is 2.50 bits per heavy atom. The van der Waals surface area contributed by atoms with Crippen LogP contribution < -0.4 is 21.3 Å². The average Bonchev–Trinajstić information content (AvgIpc) is 2.40. The molecule has 0 unspecified atom stereocenters. The lowest BCUT2D eigenvalue weighted by Gasteiger charge is -2.11. The second-order valence-electron chi connectivity index (χ2n) is 4.18. The number of halogens is 1. The third-order valence-electron chi connectivity index (χ3n) is 2.21. The van der Waals surface area contributed by atoms with Gasteiger partial charge in [-0.1, -0.05) is 12.1 Å². The van der Waals surface area contributed by atoms with E-state index in [4.69, 9.17) is 10.6 Å². The maximum atomic E-state index is 5.47. The normalized spacial score (nSPS) is 10.4. The second-order valence-corrected chi connectivity index (χ2v) is 5.34. The number of benzene rings is 1. The van der Waals surface area contributed by atoms with Crippen LogP contribution >= 0.6 is 22.6 Å². The van der Waals surface area contributed by atoms with E-state index in [2.05, 4.69) is 48.3 Å². The number of ether oxygens (including phenoxy) is 1. The van der Waals surface area contributed by atoms with Crippen LogP contribution in [0.4, 0.5) is 17.6 Å². The van der Waals surface area contributed by atoms with E-state index in [0.29, 0.717) is 5.95 Å². The maximum Gasteiger partial charge on any atom is 0.323 e. The minimum atomic E-state index is -0.0345. The topological polar surface area (TPSA) is 98.0 Å². The standard InChI is InChI=1S/C12H15IN6O/c1-7(2)20-12-17-10(16-11(18-12)19-14)15-9-6-4-3-5-8(9)13/h3-7H,14H2,1-2H3,(H2,15,16,17,18,19). The summed E-state index contributed by atoms with van der Waals surface area (Å²) in [6, 6.07) is 8.03. The van der Waals surface area contributed by atoms with E-state index < -0.39 is 0 Å². The first kappa shape index (κ1) is 14.7. The van der Waals surface area contributed by atoms with Gasteiger partial charge in [-0.3, -0.25) is 5.43 Å². The van der Waals surface area contributed by atoms with E-state index in [1.165, 1.54) is 0 Å². The largest absolute Gasteiger partial charge is 0.461 e. The molecule has 1 heterocycles. The highest BCUT2D eigenvalue weighted by atomic mass is 127. The van der Waals surface area contributed by atoms with Gasteiger partial charge < -0.3 is 10.1 Å². The summed E-state index contributed by atoms with van der Waals surface area (Å²) in [7, 11) is 0. The number of anilines is 3. The molecule has 8 heteroatoms. The van der Waals surface area contributed by atoms with Crippen LogP contribution in [0.1, 0.15) is 13.8 Å². The summed E-state index contributed by atoms with van der Waals surface area (Å²) < 4.78 is 6.52. The summed E-state index contributed by atoms with van der Waals surface area (Å²) in [6.45, 7) is 3.79. The average molecular weight is 386 g/mol. The molecule has 0 aliphatic carbocycles. The minimum Gasteiger partial charge on any atom is -0.461 e. The van der Waals surface area contributed by atoms with Gasteiger partial charge in [0.1, 0.15) is 0 Å². The smallest absolute Gasteiger partial charge is 0.323 e. The Balaban J connectivity index is 2.29. The molecule has 4 N–H and O–H groups in total. The SMILES string of the molecule is CC(C)Oc1nc(NN)nc(Nc2ccccc2I)n1. The first-order valence-electron chi connectivity index (χ1n) is 5.99. The molecule has 0 spiro atoms. The molecule has 0 saturated heterocycles. The molecule has 0 atom stereocenters. The highest BCUT2D eigenvalue weighted by molar-refractivity contribution is 14.1. The summed E-state index contributed by atoms with van der Waals surface area (Å²) in [5.41, 5.74) is 3.30. The number of nitrogen functional groups attached to an aromatic ring is 1. The zero-order valence-corrected chi connectivity index (χ0v) is 13.2. The van der Waals surface area contributed by atoms with Gasteiger partial charge in [0.2, 0.25) is 11.9 Å². The molecular formula is C12H15IN6O. The van der Waals surface area contributed by atoms with E-state index in [-0.39, 0.29) is 18.1 Å². The van der Waals surface area contributed by atoms with Crippen molar-refractivity contribution < 1.29 is 4.74 Å². The molecule has 0 radical (unpaired) electrons. The number of hydrogen-bond acceptors (Lipinski definition) is 7. The van der Waals surface area contributed by atoms with E-state index in [9.17, 15) is 0 Å². The van der Waals surface area contributed by atoms with Gasteiger partial charge in [-0.2, -0.15) is 15.0 Å². The quantitative estimate of drug-likeness (QED) is 0.412. The third-order valence-corrected chi connectivity index (χ3v) is 3.15. The van der Waals surface area contributed by atoms with Crippen LogP contribution in [0.2, 0.25) is 0 Å². The Morgan fingerprint density at radius 1 is 1.15 bits per heavy atom. The monoisotopic (exact) mass is 386 g/mol. The third kappa shape index (κ3) is 3.90. The van der Waals surface area contributed by atoms with Gasteiger partial charge >= 0.3 is 6.01 Å². The van der Waals surface area contributed by atoms with Gasteiger partial charge in [-0.05, 0) is 48.6 Å². The van der Waals surface area contributed by atoms with Crippen molar-refractivity contribution in [2.75, 3.05) is 10.7 Å². The van der Waals surface area contributed by atoms with Crippen LogP contribution in [0.3, 0.4) is 0 Å². The molecule has 2 aromatic rings. The van der Waals surface area contributed by atoms with Crippen LogP contribution in [-0.4, -0.2) is 21.1 Å². The molecular weight excluding hydrogens is 371 g/mol. The fraction of sp³-hybridized carbons (Fsp3) is 0.250. The predicted molar refractivity (Wildman–Crippen MR) is 85.8 cm³/mol. The molecule has 106 valence electrons. The van der Waals surface area contributed by atoms with Crippen molar-refractivity contribution in [3.8, 4) is 6.01 Å². The summed E-state index contributed by atoms with van der Waals surface area (Å²) in [4.78, 5) is 12.4. The lowest BCUT2D eigenvalue weighted by Crippen LogP contribution is -2.15. The molecule has 1 aromatic carbocycles. The van der Waals surface area contributed by atoms with Crippen LogP contribution in [0.5, 0.6) is 6.01 Å². The van der Waals surface area contributed by atoms with Gasteiger partial charge in [0, 0.05) is 3.57 Å². The van der Waals surface area contributed by atoms with Crippen molar-refractivity contribution in [2.24, 2.45) is 5.84 Å². The van der Waals surface area contributed by atoms with E-state index in [1.54, 1.807) is 0 Å². The van der Waals surface area contributed by atoms with Crippen molar-refractivity contribution in [3.63, 3.8) is 0 Å². The van der Waals surface area contributed by atoms with Crippen LogP contribution in [-0.2, 0) is 0 Å². The molecule has 0 saturated carbocycles. The summed E-state index contributed by atoms with van der Waals surface area (Å²) in [5.74, 6) is 5.96. The number of nitrogens with one attached hydrogen (secondary N) is 2. The fourth-order valence-corrected chi connectivity index (χ4v) is 1.95. The van der Waals surface area contributed by atoms with E-state index in [1.807, 2.05) is 38.1 Å². The number of rotatable bonds is 5. The van der Waals surface area contributed by atoms with Crippen LogP contribution in [0, 0.1) is 3.57 Å².